The lowest BCUT2D eigenvalue weighted by Crippen LogP contribution is -2.15. The molecule has 0 aromatic carbocycles. The number of rotatable bonds is 2. The van der Waals surface area contributed by atoms with E-state index >= 15 is 0 Å². The second kappa shape index (κ2) is 3.79. The first-order valence-corrected chi connectivity index (χ1v) is 2.59. The third-order valence-electron chi connectivity index (χ3n) is 0.684. The van der Waals surface area contributed by atoms with Crippen molar-refractivity contribution in [2.45, 2.75) is 6.92 Å². The van der Waals surface area contributed by atoms with Crippen LogP contribution in [0.2, 0.25) is 0 Å². The molecule has 0 aromatic rings. The molecule has 0 spiro atoms. The van der Waals surface area contributed by atoms with Gasteiger partial charge in [0.05, 0.1) is 0 Å². The normalized spacial score (nSPS) is 8.60. The van der Waals surface area contributed by atoms with Crippen molar-refractivity contribution in [1.29, 1.82) is 0 Å². The van der Waals surface area contributed by atoms with Crippen molar-refractivity contribution in [1.82, 2.24) is 0 Å². The first-order chi connectivity index (χ1) is 4.57. The molecular weight excluding hydrogens is 136 g/mol. The van der Waals surface area contributed by atoms with Crippen molar-refractivity contribution in [2.24, 2.45) is 0 Å². The van der Waals surface area contributed by atoms with E-state index in [1.165, 1.54) is 6.92 Å². The molecule has 56 valence electrons. The Hall–Kier alpha value is -1.16. The fourth-order valence-electron chi connectivity index (χ4n) is 0.223. The summed E-state index contributed by atoms with van der Waals surface area (Å²) in [4.78, 5) is 20.7. The summed E-state index contributed by atoms with van der Waals surface area (Å²) in [7, 11) is 0. The average Bonchev–Trinajstić information content (AvgIpc) is 1.87. The van der Waals surface area contributed by atoms with Crippen LogP contribution in [0.4, 0.5) is 0 Å². The van der Waals surface area contributed by atoms with Gasteiger partial charge < -0.3 is 9.84 Å². The molecule has 0 unspecified atom stereocenters. The number of hydrogen-bond acceptors (Lipinski definition) is 4. The maximum Gasteiger partial charge on any atom is 0.340 e. The molecule has 0 bridgehead atoms. The van der Waals surface area contributed by atoms with E-state index in [1.54, 1.807) is 0 Å². The highest BCUT2D eigenvalue weighted by Gasteiger charge is 2.08. The number of aliphatic hydroxyl groups is 1. The standard InChI is InChI=1S/C6H8O4/c1-4(2)6(9)10-5(8)3-7/h7H,1,3H2,2H3. The molecular formula is C6H8O4. The average molecular weight is 144 g/mol. The van der Waals surface area contributed by atoms with Crippen LogP contribution in [0.15, 0.2) is 12.2 Å². The van der Waals surface area contributed by atoms with Gasteiger partial charge in [-0.15, -0.1) is 0 Å². The number of carbonyl (C=O) groups excluding carboxylic acids is 2. The van der Waals surface area contributed by atoms with Gasteiger partial charge in [0.25, 0.3) is 0 Å². The summed E-state index contributed by atoms with van der Waals surface area (Å²) in [6, 6.07) is 0. The van der Waals surface area contributed by atoms with E-state index in [9.17, 15) is 9.59 Å². The number of hydrogen-bond donors (Lipinski definition) is 1. The smallest absolute Gasteiger partial charge is 0.340 e. The highest BCUT2D eigenvalue weighted by Crippen LogP contribution is 1.91. The van der Waals surface area contributed by atoms with E-state index in [0.717, 1.165) is 0 Å². The lowest BCUT2D eigenvalue weighted by atomic mass is 10.4. The van der Waals surface area contributed by atoms with Gasteiger partial charge in [-0.25, -0.2) is 9.59 Å². The predicted octanol–water partition coefficient (Wildman–Crippen LogP) is -0.375. The van der Waals surface area contributed by atoms with Crippen molar-refractivity contribution in [3.05, 3.63) is 12.2 Å². The molecule has 0 saturated carbocycles. The van der Waals surface area contributed by atoms with E-state index in [1.807, 2.05) is 0 Å². The molecule has 0 heterocycles. The van der Waals surface area contributed by atoms with Crippen LogP contribution < -0.4 is 0 Å². The summed E-state index contributed by atoms with van der Waals surface area (Å²) in [5.74, 6) is -1.77. The van der Waals surface area contributed by atoms with Gasteiger partial charge in [0.15, 0.2) is 0 Å². The summed E-state index contributed by atoms with van der Waals surface area (Å²) in [5, 5.41) is 8.11. The van der Waals surface area contributed by atoms with Crippen LogP contribution >= 0.6 is 0 Å². The Balaban J connectivity index is 3.80. The van der Waals surface area contributed by atoms with Crippen LogP contribution in [0.1, 0.15) is 6.92 Å². The molecule has 4 nitrogen and oxygen atoms in total. The third-order valence-corrected chi connectivity index (χ3v) is 0.684. The molecule has 0 aliphatic carbocycles. The van der Waals surface area contributed by atoms with Gasteiger partial charge in [-0.05, 0) is 6.92 Å². The second-order valence-electron chi connectivity index (χ2n) is 1.70. The van der Waals surface area contributed by atoms with E-state index in [2.05, 4.69) is 11.3 Å². The van der Waals surface area contributed by atoms with Gasteiger partial charge in [-0.3, -0.25) is 0 Å². The molecule has 0 atom stereocenters. The van der Waals surface area contributed by atoms with Gasteiger partial charge in [0.1, 0.15) is 6.61 Å². The van der Waals surface area contributed by atoms with Gasteiger partial charge in [0.2, 0.25) is 0 Å². The summed E-state index contributed by atoms with van der Waals surface area (Å²) < 4.78 is 4.03. The van der Waals surface area contributed by atoms with Crippen molar-refractivity contribution in [3.8, 4) is 0 Å². The lowest BCUT2D eigenvalue weighted by molar-refractivity contribution is -0.158. The van der Waals surface area contributed by atoms with Crippen molar-refractivity contribution in [2.75, 3.05) is 6.61 Å². The Bertz CT molecular complexity index is 171. The second-order valence-corrected chi connectivity index (χ2v) is 1.70. The van der Waals surface area contributed by atoms with Crippen LogP contribution in [0, 0.1) is 0 Å². The lowest BCUT2D eigenvalue weighted by Gasteiger charge is -1.97. The topological polar surface area (TPSA) is 63.6 Å². The van der Waals surface area contributed by atoms with Gasteiger partial charge in [-0.2, -0.15) is 0 Å². The SMILES string of the molecule is C=C(C)C(=O)OC(=O)CO. The quantitative estimate of drug-likeness (QED) is 0.326. The van der Waals surface area contributed by atoms with Gasteiger partial charge in [0, 0.05) is 5.57 Å². The number of aliphatic hydroxyl groups excluding tert-OH is 1. The Labute approximate surface area is 58.1 Å². The van der Waals surface area contributed by atoms with Crippen LogP contribution in [0.25, 0.3) is 0 Å². The van der Waals surface area contributed by atoms with Gasteiger partial charge >= 0.3 is 11.9 Å². The Kier molecular flexibility index (Phi) is 3.35. The molecule has 0 saturated heterocycles. The molecule has 4 heteroatoms. The number of carbonyl (C=O) groups is 2. The van der Waals surface area contributed by atoms with Crippen molar-refractivity contribution in [3.63, 3.8) is 0 Å². The van der Waals surface area contributed by atoms with Crippen molar-refractivity contribution < 1.29 is 19.4 Å². The van der Waals surface area contributed by atoms with Crippen LogP contribution in [-0.4, -0.2) is 23.7 Å². The van der Waals surface area contributed by atoms with E-state index in [4.69, 9.17) is 5.11 Å². The highest BCUT2D eigenvalue weighted by atomic mass is 16.6. The number of ether oxygens (including phenoxy) is 1. The molecule has 0 aliphatic heterocycles. The zero-order chi connectivity index (χ0) is 8.15. The predicted molar refractivity (Wildman–Crippen MR) is 33.0 cm³/mol. The Morgan fingerprint density at radius 3 is 2.40 bits per heavy atom. The minimum absolute atomic E-state index is 0.127. The first kappa shape index (κ1) is 8.84. The molecule has 0 aliphatic rings. The van der Waals surface area contributed by atoms with E-state index in [-0.39, 0.29) is 5.57 Å². The Morgan fingerprint density at radius 2 is 2.10 bits per heavy atom. The molecule has 1 N–H and O–H groups in total. The Morgan fingerprint density at radius 1 is 1.60 bits per heavy atom. The first-order valence-electron chi connectivity index (χ1n) is 2.59. The largest absolute Gasteiger partial charge is 0.388 e. The van der Waals surface area contributed by atoms with E-state index < -0.39 is 18.5 Å². The maximum atomic E-state index is 10.5. The molecule has 10 heavy (non-hydrogen) atoms. The van der Waals surface area contributed by atoms with Gasteiger partial charge in [-0.1, -0.05) is 6.58 Å². The summed E-state index contributed by atoms with van der Waals surface area (Å²) in [6.07, 6.45) is 0. The maximum absolute atomic E-state index is 10.5. The monoisotopic (exact) mass is 144 g/mol. The van der Waals surface area contributed by atoms with E-state index in [0.29, 0.717) is 0 Å². The van der Waals surface area contributed by atoms with Crippen LogP contribution in [-0.2, 0) is 14.3 Å². The molecule has 0 fully saturated rings. The fourth-order valence-corrected chi connectivity index (χ4v) is 0.223. The minimum Gasteiger partial charge on any atom is -0.388 e. The fraction of sp³-hybridized carbons (Fsp3) is 0.333. The van der Waals surface area contributed by atoms with Crippen molar-refractivity contribution >= 4 is 11.9 Å². The molecule has 0 radical (unpaired) electrons. The summed E-state index contributed by atoms with van der Waals surface area (Å²) in [5.41, 5.74) is 0.127. The minimum atomic E-state index is -0.965. The zero-order valence-electron chi connectivity index (χ0n) is 5.59. The molecule has 0 rings (SSSR count). The third kappa shape index (κ3) is 2.99. The summed E-state index contributed by atoms with van der Waals surface area (Å²) in [6.45, 7) is 3.85. The molecule has 0 amide bonds. The molecule has 0 aromatic heterocycles. The summed E-state index contributed by atoms with van der Waals surface area (Å²) >= 11 is 0. The zero-order valence-corrected chi connectivity index (χ0v) is 5.59. The van der Waals surface area contributed by atoms with Crippen LogP contribution in [0.5, 0.6) is 0 Å². The van der Waals surface area contributed by atoms with Crippen LogP contribution in [0.3, 0.4) is 0 Å². The number of esters is 2. The highest BCUT2D eigenvalue weighted by molar-refractivity contribution is 5.95.